The van der Waals surface area contributed by atoms with Crippen LogP contribution < -0.4 is 5.32 Å². The predicted octanol–water partition coefficient (Wildman–Crippen LogP) is 3.74. The molecule has 21 heavy (non-hydrogen) atoms. The molecular weight excluding hydrogens is 258 g/mol. The monoisotopic (exact) mass is 281 g/mol. The van der Waals surface area contributed by atoms with E-state index < -0.39 is 0 Å². The van der Waals surface area contributed by atoms with Gasteiger partial charge in [0.1, 0.15) is 0 Å². The normalized spacial score (nSPS) is 15.8. The van der Waals surface area contributed by atoms with E-state index in [1.165, 1.54) is 24.0 Å². The van der Waals surface area contributed by atoms with E-state index in [-0.39, 0.29) is 0 Å². The summed E-state index contributed by atoms with van der Waals surface area (Å²) in [5.74, 6) is 0.426. The molecule has 2 aromatic rings. The molecule has 2 aromatic carbocycles. The molecule has 0 heterocycles. The number of benzene rings is 2. The van der Waals surface area contributed by atoms with Crippen LogP contribution in [0.5, 0.6) is 0 Å². The highest BCUT2D eigenvalue weighted by Crippen LogP contribution is 2.22. The number of hydrogen-bond acceptors (Lipinski definition) is 2. The first-order chi connectivity index (χ1) is 10.4. The molecule has 0 bridgehead atoms. The van der Waals surface area contributed by atoms with Crippen molar-refractivity contribution in [2.24, 2.45) is 0 Å². The minimum atomic E-state index is 0.426. The molecule has 1 fully saturated rings. The molecule has 2 heteroatoms. The van der Waals surface area contributed by atoms with Crippen LogP contribution in [0, 0.1) is 0 Å². The van der Waals surface area contributed by atoms with E-state index in [4.69, 9.17) is 4.74 Å². The molecule has 0 aromatic heterocycles. The summed E-state index contributed by atoms with van der Waals surface area (Å²) in [6, 6.07) is 21.8. The molecule has 3 rings (SSSR count). The zero-order valence-electron chi connectivity index (χ0n) is 12.4. The van der Waals surface area contributed by atoms with Gasteiger partial charge in [-0.15, -0.1) is 0 Å². The van der Waals surface area contributed by atoms with Gasteiger partial charge in [-0.05, 0) is 24.0 Å². The summed E-state index contributed by atoms with van der Waals surface area (Å²) in [7, 11) is 0. The highest BCUT2D eigenvalue weighted by atomic mass is 16.5. The second-order valence-corrected chi connectivity index (χ2v) is 5.79. The minimum absolute atomic E-state index is 0.426. The molecule has 1 N–H and O–H groups in total. The molecule has 1 atom stereocenters. The zero-order valence-corrected chi connectivity index (χ0v) is 12.4. The number of nitrogens with one attached hydrogen (secondary N) is 1. The lowest BCUT2D eigenvalue weighted by Crippen LogP contribution is -2.26. The fraction of sp³-hybridized carbons (Fsp3) is 0.368. The predicted molar refractivity (Wildman–Crippen MR) is 86.3 cm³/mol. The lowest BCUT2D eigenvalue weighted by atomic mass is 10.00. The van der Waals surface area contributed by atoms with Crippen molar-refractivity contribution in [3.05, 3.63) is 71.8 Å². The first kappa shape index (κ1) is 14.3. The van der Waals surface area contributed by atoms with Crippen LogP contribution in [0.15, 0.2) is 60.7 Å². The van der Waals surface area contributed by atoms with Gasteiger partial charge in [0.05, 0.1) is 13.2 Å². The number of hydrogen-bond donors (Lipinski definition) is 1. The second kappa shape index (κ2) is 7.39. The van der Waals surface area contributed by atoms with Crippen molar-refractivity contribution in [2.75, 3.05) is 13.2 Å². The van der Waals surface area contributed by atoms with Crippen LogP contribution in [0.25, 0.3) is 0 Å². The Labute approximate surface area is 127 Å². The Bertz CT molecular complexity index is 522. The fourth-order valence-corrected chi connectivity index (χ4v) is 2.49. The van der Waals surface area contributed by atoms with Gasteiger partial charge in [-0.2, -0.15) is 0 Å². The lowest BCUT2D eigenvalue weighted by molar-refractivity contribution is 0.106. The van der Waals surface area contributed by atoms with Crippen molar-refractivity contribution < 1.29 is 4.74 Å². The first-order valence-corrected chi connectivity index (χ1v) is 7.82. The summed E-state index contributed by atoms with van der Waals surface area (Å²) >= 11 is 0. The topological polar surface area (TPSA) is 21.3 Å². The van der Waals surface area contributed by atoms with Gasteiger partial charge in [-0.3, -0.25) is 0 Å². The van der Waals surface area contributed by atoms with E-state index in [0.29, 0.717) is 12.5 Å². The Morgan fingerprint density at radius 1 is 0.952 bits per heavy atom. The van der Waals surface area contributed by atoms with Gasteiger partial charge in [-0.1, -0.05) is 60.7 Å². The Hall–Kier alpha value is -1.64. The van der Waals surface area contributed by atoms with E-state index in [2.05, 4.69) is 59.9 Å². The second-order valence-electron chi connectivity index (χ2n) is 5.79. The highest BCUT2D eigenvalue weighted by Gasteiger charge is 2.22. The summed E-state index contributed by atoms with van der Waals surface area (Å²) < 4.78 is 5.95. The van der Waals surface area contributed by atoms with Gasteiger partial charge in [0, 0.05) is 18.5 Å². The van der Waals surface area contributed by atoms with Crippen LogP contribution in [0.4, 0.5) is 0 Å². The molecule has 0 aliphatic heterocycles. The van der Waals surface area contributed by atoms with E-state index >= 15 is 0 Å². The fourth-order valence-electron chi connectivity index (χ4n) is 2.49. The van der Waals surface area contributed by atoms with E-state index in [1.807, 2.05) is 6.07 Å². The van der Waals surface area contributed by atoms with Crippen LogP contribution in [-0.2, 0) is 11.3 Å². The average Bonchev–Trinajstić information content (AvgIpc) is 3.37. The number of ether oxygens (including phenoxy) is 1. The maximum atomic E-state index is 5.95. The quantitative estimate of drug-likeness (QED) is 0.796. The summed E-state index contributed by atoms with van der Waals surface area (Å²) in [6.45, 7) is 2.45. The van der Waals surface area contributed by atoms with E-state index in [1.54, 1.807) is 0 Å². The van der Waals surface area contributed by atoms with Crippen LogP contribution in [0.2, 0.25) is 0 Å². The summed E-state index contributed by atoms with van der Waals surface area (Å²) in [6.07, 6.45) is 2.65. The van der Waals surface area contributed by atoms with Gasteiger partial charge in [0.2, 0.25) is 0 Å². The molecule has 0 spiro atoms. The zero-order chi connectivity index (χ0) is 14.3. The van der Waals surface area contributed by atoms with Crippen LogP contribution in [0.1, 0.15) is 29.9 Å². The molecule has 1 aliphatic rings. The van der Waals surface area contributed by atoms with Crippen LogP contribution in [0.3, 0.4) is 0 Å². The van der Waals surface area contributed by atoms with Crippen LogP contribution in [-0.4, -0.2) is 19.2 Å². The van der Waals surface area contributed by atoms with E-state index in [9.17, 15) is 0 Å². The Balaban J connectivity index is 1.53. The minimum Gasteiger partial charge on any atom is -0.376 e. The Morgan fingerprint density at radius 3 is 2.29 bits per heavy atom. The largest absolute Gasteiger partial charge is 0.376 e. The molecule has 110 valence electrons. The third kappa shape index (κ3) is 4.69. The lowest BCUT2D eigenvalue weighted by Gasteiger charge is -2.18. The Kier molecular flexibility index (Phi) is 5.03. The van der Waals surface area contributed by atoms with Crippen molar-refractivity contribution in [3.8, 4) is 0 Å². The molecule has 1 unspecified atom stereocenters. The highest BCUT2D eigenvalue weighted by molar-refractivity contribution is 5.20. The first-order valence-electron chi connectivity index (χ1n) is 7.82. The smallest absolute Gasteiger partial charge is 0.0717 e. The molecule has 2 nitrogen and oxygen atoms in total. The maximum absolute atomic E-state index is 5.95. The Morgan fingerprint density at radius 2 is 1.62 bits per heavy atom. The molecule has 0 radical (unpaired) electrons. The standard InChI is InChI=1S/C19H23NO/c1-3-7-16(8-4-1)14-21-15-18(13-20-19-11-12-19)17-9-5-2-6-10-17/h1-10,18-20H,11-15H2. The van der Waals surface area contributed by atoms with Crippen molar-refractivity contribution in [1.82, 2.24) is 5.32 Å². The molecule has 0 saturated heterocycles. The van der Waals surface area contributed by atoms with Crippen molar-refractivity contribution in [1.29, 1.82) is 0 Å². The molecular formula is C19H23NO. The summed E-state index contributed by atoms with van der Waals surface area (Å²) in [5.41, 5.74) is 2.60. The molecule has 1 aliphatic carbocycles. The van der Waals surface area contributed by atoms with Gasteiger partial charge in [0.15, 0.2) is 0 Å². The maximum Gasteiger partial charge on any atom is 0.0717 e. The van der Waals surface area contributed by atoms with Gasteiger partial charge in [-0.25, -0.2) is 0 Å². The summed E-state index contributed by atoms with van der Waals surface area (Å²) in [5, 5.41) is 3.62. The molecule has 1 saturated carbocycles. The third-order valence-corrected chi connectivity index (χ3v) is 3.93. The SMILES string of the molecule is c1ccc(COCC(CNC2CC2)c2ccccc2)cc1. The van der Waals surface area contributed by atoms with Gasteiger partial charge in [0.25, 0.3) is 0 Å². The average molecular weight is 281 g/mol. The van der Waals surface area contributed by atoms with Crippen molar-refractivity contribution in [3.63, 3.8) is 0 Å². The van der Waals surface area contributed by atoms with Gasteiger partial charge >= 0.3 is 0 Å². The third-order valence-electron chi connectivity index (χ3n) is 3.93. The van der Waals surface area contributed by atoms with Gasteiger partial charge < -0.3 is 10.1 Å². The van der Waals surface area contributed by atoms with Crippen molar-refractivity contribution in [2.45, 2.75) is 31.4 Å². The summed E-state index contributed by atoms with van der Waals surface area (Å²) in [4.78, 5) is 0. The molecule has 0 amide bonds. The number of rotatable bonds is 8. The van der Waals surface area contributed by atoms with E-state index in [0.717, 1.165) is 19.2 Å². The van der Waals surface area contributed by atoms with Crippen molar-refractivity contribution >= 4 is 0 Å². The van der Waals surface area contributed by atoms with Crippen LogP contribution >= 0.6 is 0 Å².